The smallest absolute Gasteiger partial charge is 0.220 e. The molecule has 0 unspecified atom stereocenters. The number of hydrogen-bond acceptors (Lipinski definition) is 5. The summed E-state index contributed by atoms with van der Waals surface area (Å²) in [5.74, 6) is 1.14. The monoisotopic (exact) mass is 350 g/mol. The minimum Gasteiger partial charge on any atom is -0.353 e. The zero-order valence-corrected chi connectivity index (χ0v) is 14.6. The van der Waals surface area contributed by atoms with Gasteiger partial charge in [0.15, 0.2) is 5.82 Å². The lowest BCUT2D eigenvalue weighted by atomic mass is 10.1. The summed E-state index contributed by atoms with van der Waals surface area (Å²) in [7, 11) is 0. The average Bonchev–Trinajstić information content (AvgIpc) is 3.32. The highest BCUT2D eigenvalue weighted by atomic mass is 16.1. The fourth-order valence-corrected chi connectivity index (χ4v) is 3.63. The van der Waals surface area contributed by atoms with Crippen LogP contribution in [0.4, 0.5) is 5.82 Å². The van der Waals surface area contributed by atoms with Gasteiger partial charge >= 0.3 is 0 Å². The molecule has 1 atom stereocenters. The lowest BCUT2D eigenvalue weighted by molar-refractivity contribution is -0.119. The second kappa shape index (κ2) is 7.18. The van der Waals surface area contributed by atoms with Crippen molar-refractivity contribution in [3.05, 3.63) is 35.9 Å². The Bertz CT molecular complexity index is 813. The predicted molar refractivity (Wildman–Crippen MR) is 98.6 cm³/mol. The fraction of sp³-hybridized carbons (Fsp3) is 0.421. The maximum atomic E-state index is 11.3. The maximum Gasteiger partial charge on any atom is 0.220 e. The van der Waals surface area contributed by atoms with E-state index in [0.717, 1.165) is 56.2 Å². The van der Waals surface area contributed by atoms with Crippen molar-refractivity contribution in [1.82, 2.24) is 20.4 Å². The number of rotatable bonds is 4. The number of anilines is 1. The number of hydrogen-bond donors (Lipinski definition) is 2. The van der Waals surface area contributed by atoms with E-state index in [2.05, 4.69) is 37.4 Å². The summed E-state index contributed by atoms with van der Waals surface area (Å²) in [4.78, 5) is 16.0. The second-order valence-electron chi connectivity index (χ2n) is 6.92. The predicted octanol–water partition coefficient (Wildman–Crippen LogP) is 1.35. The summed E-state index contributed by atoms with van der Waals surface area (Å²) in [6.45, 7) is 4.75. The first-order valence-corrected chi connectivity index (χ1v) is 9.04. The van der Waals surface area contributed by atoms with Gasteiger partial charge in [0.2, 0.25) is 5.91 Å². The van der Waals surface area contributed by atoms with Crippen LogP contribution in [0, 0.1) is 11.3 Å². The van der Waals surface area contributed by atoms with Gasteiger partial charge in [0.25, 0.3) is 0 Å². The number of nitrogens with one attached hydrogen (secondary N) is 2. The second-order valence-corrected chi connectivity index (χ2v) is 6.92. The van der Waals surface area contributed by atoms with Gasteiger partial charge in [-0.15, -0.1) is 0 Å². The van der Waals surface area contributed by atoms with E-state index in [1.54, 1.807) is 0 Å². The highest BCUT2D eigenvalue weighted by Gasteiger charge is 2.25. The molecule has 1 aromatic heterocycles. The molecule has 0 saturated carbocycles. The van der Waals surface area contributed by atoms with E-state index in [9.17, 15) is 4.79 Å². The summed E-state index contributed by atoms with van der Waals surface area (Å²) in [5, 5.41) is 19.5. The largest absolute Gasteiger partial charge is 0.353 e. The third-order valence-corrected chi connectivity index (χ3v) is 5.15. The van der Waals surface area contributed by atoms with Crippen LogP contribution < -0.4 is 10.2 Å². The van der Waals surface area contributed by atoms with Crippen molar-refractivity contribution >= 4 is 11.7 Å². The Balaban J connectivity index is 1.34. The normalized spacial score (nSPS) is 20.8. The van der Waals surface area contributed by atoms with Crippen molar-refractivity contribution < 1.29 is 4.79 Å². The molecule has 1 aromatic carbocycles. The molecule has 2 fully saturated rings. The summed E-state index contributed by atoms with van der Waals surface area (Å²) in [5.41, 5.74) is 2.64. The molecule has 3 heterocycles. The Hall–Kier alpha value is -2.85. The van der Waals surface area contributed by atoms with Crippen LogP contribution in [0.2, 0.25) is 0 Å². The summed E-state index contributed by atoms with van der Waals surface area (Å²) in [6, 6.07) is 12.0. The summed E-state index contributed by atoms with van der Waals surface area (Å²) < 4.78 is 0. The van der Waals surface area contributed by atoms with E-state index in [1.165, 1.54) is 0 Å². The molecule has 7 nitrogen and oxygen atoms in total. The molecule has 2 saturated heterocycles. The average molecular weight is 350 g/mol. The van der Waals surface area contributed by atoms with Crippen LogP contribution in [0.5, 0.6) is 0 Å². The van der Waals surface area contributed by atoms with E-state index < -0.39 is 0 Å². The van der Waals surface area contributed by atoms with Gasteiger partial charge in [-0.05, 0) is 24.1 Å². The Morgan fingerprint density at radius 3 is 2.62 bits per heavy atom. The van der Waals surface area contributed by atoms with Gasteiger partial charge in [-0.3, -0.25) is 14.8 Å². The van der Waals surface area contributed by atoms with E-state index in [1.807, 2.05) is 24.3 Å². The Labute approximate surface area is 152 Å². The molecule has 0 bridgehead atoms. The van der Waals surface area contributed by atoms with Gasteiger partial charge in [0.1, 0.15) is 0 Å². The number of nitrogens with zero attached hydrogens (tertiary/aromatic N) is 4. The van der Waals surface area contributed by atoms with Gasteiger partial charge < -0.3 is 10.2 Å². The number of piperazine rings is 1. The first kappa shape index (κ1) is 16.6. The van der Waals surface area contributed by atoms with Gasteiger partial charge in [-0.25, -0.2) is 0 Å². The van der Waals surface area contributed by atoms with Crippen LogP contribution in [-0.2, 0) is 4.79 Å². The molecule has 1 amide bonds. The zero-order chi connectivity index (χ0) is 17.9. The minimum atomic E-state index is 0.181. The van der Waals surface area contributed by atoms with Crippen LogP contribution in [0.1, 0.15) is 18.4 Å². The highest BCUT2D eigenvalue weighted by molar-refractivity contribution is 5.78. The number of aromatic amines is 1. The zero-order valence-electron chi connectivity index (χ0n) is 14.6. The molecule has 2 aliphatic heterocycles. The summed E-state index contributed by atoms with van der Waals surface area (Å²) >= 11 is 0. The van der Waals surface area contributed by atoms with Crippen molar-refractivity contribution in [2.45, 2.75) is 18.9 Å². The van der Waals surface area contributed by atoms with E-state index >= 15 is 0 Å². The molecule has 0 radical (unpaired) electrons. The lowest BCUT2D eigenvalue weighted by Crippen LogP contribution is -2.50. The van der Waals surface area contributed by atoms with Gasteiger partial charge in [-0.2, -0.15) is 10.4 Å². The molecular formula is C19H22N6O. The van der Waals surface area contributed by atoms with Crippen molar-refractivity contribution in [2.24, 2.45) is 0 Å². The molecule has 2 N–H and O–H groups in total. The molecule has 0 aliphatic carbocycles. The van der Waals surface area contributed by atoms with E-state index in [4.69, 9.17) is 5.26 Å². The van der Waals surface area contributed by atoms with E-state index in [0.29, 0.717) is 18.0 Å². The number of carbonyl (C=O) groups is 1. The topological polar surface area (TPSA) is 88.1 Å². The molecule has 4 rings (SSSR count). The first-order chi connectivity index (χ1) is 12.7. The number of aromatic nitrogens is 2. The van der Waals surface area contributed by atoms with Crippen LogP contribution in [-0.4, -0.2) is 59.8 Å². The van der Waals surface area contributed by atoms with Crippen LogP contribution in [0.15, 0.2) is 30.3 Å². The SMILES string of the molecule is N#Cc1ccc(-c2cc(N3CCN(C[C@@H]4CCC(=O)N4)CC3)n[nH]2)cc1. The van der Waals surface area contributed by atoms with Crippen molar-refractivity contribution in [1.29, 1.82) is 5.26 Å². The molecule has 134 valence electrons. The standard InChI is InChI=1S/C19H22N6O/c20-12-14-1-3-15(4-2-14)17-11-18(23-22-17)25-9-7-24(8-10-25)13-16-5-6-19(26)21-16/h1-4,11,16H,5-10,13H2,(H,21,26)(H,22,23)/t16-/m0/s1. The third kappa shape index (κ3) is 3.55. The molecule has 7 heteroatoms. The Morgan fingerprint density at radius 1 is 1.19 bits per heavy atom. The highest BCUT2D eigenvalue weighted by Crippen LogP contribution is 2.23. The quantitative estimate of drug-likeness (QED) is 0.869. The third-order valence-electron chi connectivity index (χ3n) is 5.15. The van der Waals surface area contributed by atoms with E-state index in [-0.39, 0.29) is 5.91 Å². The Morgan fingerprint density at radius 2 is 1.96 bits per heavy atom. The fourth-order valence-electron chi connectivity index (χ4n) is 3.63. The van der Waals surface area contributed by atoms with Gasteiger partial charge in [0, 0.05) is 51.3 Å². The van der Waals surface area contributed by atoms with Crippen LogP contribution in [0.3, 0.4) is 0 Å². The summed E-state index contributed by atoms with van der Waals surface area (Å²) in [6.07, 6.45) is 1.61. The van der Waals surface area contributed by atoms with Crippen LogP contribution in [0.25, 0.3) is 11.3 Å². The minimum absolute atomic E-state index is 0.181. The van der Waals surface area contributed by atoms with Crippen molar-refractivity contribution in [2.75, 3.05) is 37.6 Å². The number of nitriles is 1. The number of carbonyl (C=O) groups excluding carboxylic acids is 1. The molecule has 2 aromatic rings. The number of H-pyrrole nitrogens is 1. The van der Waals surface area contributed by atoms with Gasteiger partial charge in [0.05, 0.1) is 17.3 Å². The van der Waals surface area contributed by atoms with Crippen LogP contribution >= 0.6 is 0 Å². The molecular weight excluding hydrogens is 328 g/mol. The maximum absolute atomic E-state index is 11.3. The number of amides is 1. The van der Waals surface area contributed by atoms with Gasteiger partial charge in [-0.1, -0.05) is 12.1 Å². The Kier molecular flexibility index (Phi) is 4.59. The first-order valence-electron chi connectivity index (χ1n) is 9.04. The molecule has 2 aliphatic rings. The molecule has 26 heavy (non-hydrogen) atoms. The molecule has 0 spiro atoms. The lowest BCUT2D eigenvalue weighted by Gasteiger charge is -2.35. The number of benzene rings is 1. The van der Waals surface area contributed by atoms with Crippen molar-refractivity contribution in [3.8, 4) is 17.3 Å². The van der Waals surface area contributed by atoms with Crippen molar-refractivity contribution in [3.63, 3.8) is 0 Å².